The van der Waals surface area contributed by atoms with E-state index in [9.17, 15) is 14.7 Å². The molecule has 1 saturated heterocycles. The molecule has 4 rings (SSSR count). The standard InChI is InChI=1S/C23H24N4O4/c1-26(10-12-28)22(29)17-14-20(25-18-7-3-2-6-16(17)18)21-15-27(11-13-31-21)23(30)19-8-4-5-9-24-19/h2-9,14,21,28H,10-13,15H2,1H3/t21-/m1/s1. The van der Waals surface area contributed by atoms with Gasteiger partial charge >= 0.3 is 0 Å². The number of ether oxygens (including phenoxy) is 1. The van der Waals surface area contributed by atoms with Crippen LogP contribution in [0.25, 0.3) is 10.9 Å². The van der Waals surface area contributed by atoms with Gasteiger partial charge in [0.2, 0.25) is 0 Å². The Morgan fingerprint density at radius 1 is 1.23 bits per heavy atom. The Morgan fingerprint density at radius 2 is 2.03 bits per heavy atom. The second-order valence-corrected chi connectivity index (χ2v) is 7.39. The van der Waals surface area contributed by atoms with Gasteiger partial charge in [0.25, 0.3) is 11.8 Å². The Labute approximate surface area is 180 Å². The van der Waals surface area contributed by atoms with Crippen LogP contribution >= 0.6 is 0 Å². The molecular formula is C23H24N4O4. The molecule has 8 nitrogen and oxygen atoms in total. The Balaban J connectivity index is 1.66. The predicted molar refractivity (Wildman–Crippen MR) is 115 cm³/mol. The third-order valence-electron chi connectivity index (χ3n) is 5.32. The SMILES string of the molecule is CN(CCO)C(=O)c1cc([C@H]2CN(C(=O)c3ccccn3)CCO2)nc2ccccc12. The molecule has 0 unspecified atom stereocenters. The summed E-state index contributed by atoms with van der Waals surface area (Å²) in [6.45, 7) is 1.27. The molecule has 0 spiro atoms. The maximum atomic E-state index is 13.0. The second-order valence-electron chi connectivity index (χ2n) is 7.39. The van der Waals surface area contributed by atoms with Gasteiger partial charge in [-0.15, -0.1) is 0 Å². The molecule has 3 aromatic rings. The average molecular weight is 420 g/mol. The number of nitrogens with zero attached hydrogens (tertiary/aromatic N) is 4. The van der Waals surface area contributed by atoms with E-state index in [-0.39, 0.29) is 25.0 Å². The summed E-state index contributed by atoms with van der Waals surface area (Å²) in [6.07, 6.45) is 1.14. The fourth-order valence-electron chi connectivity index (χ4n) is 3.66. The molecule has 31 heavy (non-hydrogen) atoms. The topological polar surface area (TPSA) is 95.9 Å². The number of likely N-dealkylation sites (N-methyl/N-ethyl adjacent to an activating group) is 1. The van der Waals surface area contributed by atoms with Crippen LogP contribution in [0.5, 0.6) is 0 Å². The van der Waals surface area contributed by atoms with E-state index in [1.54, 1.807) is 42.4 Å². The molecule has 0 saturated carbocycles. The van der Waals surface area contributed by atoms with Gasteiger partial charge in [-0.25, -0.2) is 4.98 Å². The largest absolute Gasteiger partial charge is 0.395 e. The average Bonchev–Trinajstić information content (AvgIpc) is 2.83. The minimum atomic E-state index is -0.458. The third kappa shape index (κ3) is 4.40. The number of benzene rings is 1. The van der Waals surface area contributed by atoms with Crippen molar-refractivity contribution in [3.63, 3.8) is 0 Å². The molecule has 1 aliphatic heterocycles. The van der Waals surface area contributed by atoms with Crippen LogP contribution in [0.4, 0.5) is 0 Å². The molecule has 160 valence electrons. The van der Waals surface area contributed by atoms with Gasteiger partial charge in [-0.2, -0.15) is 0 Å². The summed E-state index contributed by atoms with van der Waals surface area (Å²) < 4.78 is 5.93. The molecule has 0 radical (unpaired) electrons. The van der Waals surface area contributed by atoms with Gasteiger partial charge in [0.1, 0.15) is 11.8 Å². The molecule has 1 aromatic carbocycles. The summed E-state index contributed by atoms with van der Waals surface area (Å²) >= 11 is 0. The van der Waals surface area contributed by atoms with E-state index in [1.165, 1.54) is 4.90 Å². The molecule has 2 aromatic heterocycles. The number of hydrogen-bond donors (Lipinski definition) is 1. The third-order valence-corrected chi connectivity index (χ3v) is 5.32. The molecule has 0 aliphatic carbocycles. The van der Waals surface area contributed by atoms with Crippen molar-refractivity contribution < 1.29 is 19.4 Å². The first-order chi connectivity index (χ1) is 15.1. The lowest BCUT2D eigenvalue weighted by atomic mass is 10.0. The highest BCUT2D eigenvalue weighted by atomic mass is 16.5. The highest BCUT2D eigenvalue weighted by Gasteiger charge is 2.29. The van der Waals surface area contributed by atoms with Crippen molar-refractivity contribution in [1.82, 2.24) is 19.8 Å². The van der Waals surface area contributed by atoms with Crippen LogP contribution in [0.15, 0.2) is 54.7 Å². The van der Waals surface area contributed by atoms with Crippen molar-refractivity contribution in [1.29, 1.82) is 0 Å². The van der Waals surface area contributed by atoms with Crippen LogP contribution in [0, 0.1) is 0 Å². The number of amides is 2. The zero-order chi connectivity index (χ0) is 21.8. The van der Waals surface area contributed by atoms with Crippen molar-refractivity contribution in [3.05, 3.63) is 71.7 Å². The highest BCUT2D eigenvalue weighted by Crippen LogP contribution is 2.27. The summed E-state index contributed by atoms with van der Waals surface area (Å²) in [6, 6.07) is 14.4. The quantitative estimate of drug-likeness (QED) is 0.677. The zero-order valence-electron chi connectivity index (χ0n) is 17.3. The number of para-hydroxylation sites is 1. The van der Waals surface area contributed by atoms with Crippen LogP contribution in [0.2, 0.25) is 0 Å². The van der Waals surface area contributed by atoms with Crippen LogP contribution < -0.4 is 0 Å². The van der Waals surface area contributed by atoms with E-state index in [2.05, 4.69) is 4.98 Å². The van der Waals surface area contributed by atoms with Gasteiger partial charge in [0, 0.05) is 31.7 Å². The van der Waals surface area contributed by atoms with Crippen LogP contribution in [0.3, 0.4) is 0 Å². The van der Waals surface area contributed by atoms with Gasteiger partial charge < -0.3 is 19.6 Å². The molecule has 3 heterocycles. The smallest absolute Gasteiger partial charge is 0.272 e. The monoisotopic (exact) mass is 420 g/mol. The summed E-state index contributed by atoms with van der Waals surface area (Å²) in [5, 5.41) is 9.95. The van der Waals surface area contributed by atoms with Crippen molar-refractivity contribution in [2.75, 3.05) is 39.9 Å². The van der Waals surface area contributed by atoms with E-state index in [4.69, 9.17) is 9.72 Å². The minimum Gasteiger partial charge on any atom is -0.395 e. The summed E-state index contributed by atoms with van der Waals surface area (Å²) in [7, 11) is 1.65. The molecule has 0 bridgehead atoms. The van der Waals surface area contributed by atoms with Crippen molar-refractivity contribution >= 4 is 22.7 Å². The maximum Gasteiger partial charge on any atom is 0.272 e. The van der Waals surface area contributed by atoms with Gasteiger partial charge in [0.15, 0.2) is 0 Å². The molecule has 1 N–H and O–H groups in total. The zero-order valence-corrected chi connectivity index (χ0v) is 17.3. The lowest BCUT2D eigenvalue weighted by Crippen LogP contribution is -2.42. The van der Waals surface area contributed by atoms with E-state index in [0.29, 0.717) is 42.2 Å². The number of morpholine rings is 1. The van der Waals surface area contributed by atoms with E-state index in [1.807, 2.05) is 24.3 Å². The van der Waals surface area contributed by atoms with E-state index < -0.39 is 6.10 Å². The molecule has 8 heteroatoms. The summed E-state index contributed by atoms with van der Waals surface area (Å²) in [5.41, 5.74) is 2.15. The molecular weight excluding hydrogens is 396 g/mol. The normalized spacial score (nSPS) is 16.3. The van der Waals surface area contributed by atoms with Crippen LogP contribution in [-0.4, -0.2) is 76.6 Å². The van der Waals surface area contributed by atoms with Crippen molar-refractivity contribution in [3.8, 4) is 0 Å². The number of pyridine rings is 2. The van der Waals surface area contributed by atoms with Crippen molar-refractivity contribution in [2.24, 2.45) is 0 Å². The molecule has 1 aliphatic rings. The van der Waals surface area contributed by atoms with Crippen molar-refractivity contribution in [2.45, 2.75) is 6.10 Å². The first kappa shape index (κ1) is 20.9. The Bertz CT molecular complexity index is 1090. The molecule has 2 amide bonds. The van der Waals surface area contributed by atoms with Gasteiger partial charge in [-0.1, -0.05) is 24.3 Å². The number of fused-ring (bicyclic) bond motifs is 1. The number of aromatic nitrogens is 2. The van der Waals surface area contributed by atoms with Gasteiger partial charge in [-0.3, -0.25) is 14.6 Å². The summed E-state index contributed by atoms with van der Waals surface area (Å²) in [4.78, 5) is 37.9. The number of aliphatic hydroxyl groups excluding tert-OH is 1. The number of rotatable bonds is 5. The van der Waals surface area contributed by atoms with E-state index in [0.717, 1.165) is 5.39 Å². The predicted octanol–water partition coefficient (Wildman–Crippen LogP) is 1.91. The van der Waals surface area contributed by atoms with Gasteiger partial charge in [-0.05, 0) is 24.3 Å². The lowest BCUT2D eigenvalue weighted by Gasteiger charge is -2.32. The second kappa shape index (κ2) is 9.20. The fourth-order valence-corrected chi connectivity index (χ4v) is 3.66. The number of hydrogen-bond acceptors (Lipinski definition) is 6. The van der Waals surface area contributed by atoms with E-state index >= 15 is 0 Å². The molecule has 1 atom stereocenters. The number of carbonyl (C=O) groups excluding carboxylic acids is 2. The summed E-state index contributed by atoms with van der Waals surface area (Å²) in [5.74, 6) is -0.361. The molecule has 1 fully saturated rings. The lowest BCUT2D eigenvalue weighted by molar-refractivity contribution is -0.0248. The fraction of sp³-hybridized carbons (Fsp3) is 0.304. The van der Waals surface area contributed by atoms with Gasteiger partial charge in [0.05, 0.1) is 36.5 Å². The highest BCUT2D eigenvalue weighted by molar-refractivity contribution is 6.06. The Hall–Kier alpha value is -3.36. The first-order valence-electron chi connectivity index (χ1n) is 10.2. The number of aliphatic hydroxyl groups is 1. The maximum absolute atomic E-state index is 13.0. The Kier molecular flexibility index (Phi) is 6.20. The van der Waals surface area contributed by atoms with Crippen LogP contribution in [0.1, 0.15) is 32.6 Å². The van der Waals surface area contributed by atoms with Crippen LogP contribution in [-0.2, 0) is 4.74 Å². The first-order valence-corrected chi connectivity index (χ1v) is 10.2. The minimum absolute atomic E-state index is 0.117. The number of carbonyl (C=O) groups is 2. The Morgan fingerprint density at radius 3 is 2.81 bits per heavy atom.